The normalized spacial score (nSPS) is 11.8. The first-order valence-electron chi connectivity index (χ1n) is 5.97. The van der Waals surface area contributed by atoms with Crippen molar-refractivity contribution >= 4 is 6.29 Å². The maximum absolute atomic E-state index is 10.9. The lowest BCUT2D eigenvalue weighted by molar-refractivity contribution is -0.108. The Bertz CT molecular complexity index is 488. The average molecular weight is 240 g/mol. The van der Waals surface area contributed by atoms with E-state index >= 15 is 0 Å². The molecule has 2 aromatic carbocycles. The molecule has 0 saturated heterocycles. The fourth-order valence-electron chi connectivity index (χ4n) is 2.08. The molecule has 0 spiro atoms. The minimum absolute atomic E-state index is 0.120. The maximum Gasteiger partial charge on any atom is 0.120 e. The number of aldehydes is 1. The maximum atomic E-state index is 10.9. The Morgan fingerprint density at radius 3 is 2.17 bits per heavy atom. The Balaban J connectivity index is 2.32. The van der Waals surface area contributed by atoms with Gasteiger partial charge in [-0.3, -0.25) is 0 Å². The van der Waals surface area contributed by atoms with Gasteiger partial charge in [-0.15, -0.1) is 0 Å². The van der Waals surface area contributed by atoms with E-state index in [1.165, 1.54) is 0 Å². The van der Waals surface area contributed by atoms with Crippen LogP contribution in [0.5, 0.6) is 5.75 Å². The number of methoxy groups -OCH3 is 1. The summed E-state index contributed by atoms with van der Waals surface area (Å²) >= 11 is 0. The van der Waals surface area contributed by atoms with Gasteiger partial charge in [0.05, 0.1) is 7.11 Å². The lowest BCUT2D eigenvalue weighted by Crippen LogP contribution is -2.01. The second-order valence-corrected chi connectivity index (χ2v) is 4.14. The van der Waals surface area contributed by atoms with Gasteiger partial charge in [0.25, 0.3) is 0 Å². The van der Waals surface area contributed by atoms with Crippen molar-refractivity contribution in [2.75, 3.05) is 7.11 Å². The van der Waals surface area contributed by atoms with E-state index in [0.29, 0.717) is 6.42 Å². The van der Waals surface area contributed by atoms with E-state index in [9.17, 15) is 4.79 Å². The molecule has 0 aliphatic rings. The van der Waals surface area contributed by atoms with Gasteiger partial charge in [-0.25, -0.2) is 0 Å². The molecule has 0 N–H and O–H groups in total. The summed E-state index contributed by atoms with van der Waals surface area (Å²) in [6.07, 6.45) is 1.47. The summed E-state index contributed by atoms with van der Waals surface area (Å²) < 4.78 is 5.15. The molecule has 2 nitrogen and oxygen atoms in total. The number of rotatable bonds is 5. The monoisotopic (exact) mass is 240 g/mol. The highest BCUT2D eigenvalue weighted by Crippen LogP contribution is 2.28. The third kappa shape index (κ3) is 2.77. The van der Waals surface area contributed by atoms with Crippen molar-refractivity contribution in [3.05, 3.63) is 65.7 Å². The fraction of sp³-hybridized carbons (Fsp3) is 0.188. The van der Waals surface area contributed by atoms with Crippen LogP contribution in [0.2, 0.25) is 0 Å². The lowest BCUT2D eigenvalue weighted by Gasteiger charge is -2.15. The van der Waals surface area contributed by atoms with Crippen LogP contribution in [0.3, 0.4) is 0 Å². The quantitative estimate of drug-likeness (QED) is 0.748. The number of benzene rings is 2. The molecule has 92 valence electrons. The highest BCUT2D eigenvalue weighted by Gasteiger charge is 2.13. The zero-order valence-corrected chi connectivity index (χ0v) is 10.4. The smallest absolute Gasteiger partial charge is 0.120 e. The molecule has 0 amide bonds. The molecular weight excluding hydrogens is 224 g/mol. The van der Waals surface area contributed by atoms with Crippen molar-refractivity contribution < 1.29 is 9.53 Å². The molecule has 2 heteroatoms. The van der Waals surface area contributed by atoms with Crippen LogP contribution >= 0.6 is 0 Å². The van der Waals surface area contributed by atoms with Crippen molar-refractivity contribution in [2.45, 2.75) is 12.3 Å². The van der Waals surface area contributed by atoms with E-state index in [-0.39, 0.29) is 5.92 Å². The molecule has 0 heterocycles. The van der Waals surface area contributed by atoms with Crippen molar-refractivity contribution in [2.24, 2.45) is 0 Å². The van der Waals surface area contributed by atoms with Crippen LogP contribution in [0.1, 0.15) is 23.5 Å². The van der Waals surface area contributed by atoms with Gasteiger partial charge in [0.2, 0.25) is 0 Å². The number of carbonyl (C=O) groups is 1. The SMILES string of the molecule is COc1ccc([C@H](CC=O)c2ccccc2)cc1. The minimum Gasteiger partial charge on any atom is -0.497 e. The summed E-state index contributed by atoms with van der Waals surface area (Å²) in [5.41, 5.74) is 2.30. The van der Waals surface area contributed by atoms with Gasteiger partial charge in [-0.2, -0.15) is 0 Å². The largest absolute Gasteiger partial charge is 0.497 e. The van der Waals surface area contributed by atoms with Crippen LogP contribution in [-0.2, 0) is 4.79 Å². The molecular formula is C16H16O2. The third-order valence-corrected chi connectivity index (χ3v) is 3.05. The molecule has 0 aliphatic carbocycles. The molecule has 0 aromatic heterocycles. The molecule has 2 rings (SSSR count). The third-order valence-electron chi connectivity index (χ3n) is 3.05. The summed E-state index contributed by atoms with van der Waals surface area (Å²) in [6.45, 7) is 0. The molecule has 18 heavy (non-hydrogen) atoms. The first kappa shape index (κ1) is 12.4. The van der Waals surface area contributed by atoms with E-state index in [1.807, 2.05) is 42.5 Å². The molecule has 0 saturated carbocycles. The zero-order chi connectivity index (χ0) is 12.8. The van der Waals surface area contributed by atoms with Crippen LogP contribution in [0.15, 0.2) is 54.6 Å². The molecule has 0 unspecified atom stereocenters. The van der Waals surface area contributed by atoms with Crippen LogP contribution in [-0.4, -0.2) is 13.4 Å². The van der Waals surface area contributed by atoms with Crippen molar-refractivity contribution in [3.63, 3.8) is 0 Å². The number of carbonyl (C=O) groups excluding carboxylic acids is 1. The van der Waals surface area contributed by atoms with E-state index in [1.54, 1.807) is 7.11 Å². The van der Waals surface area contributed by atoms with Gasteiger partial charge in [-0.05, 0) is 23.3 Å². The standard InChI is InChI=1S/C16H16O2/c1-18-15-9-7-14(8-10-15)16(11-12-17)13-5-3-2-4-6-13/h2-10,12,16H,11H2,1H3/t16-/m1/s1. The van der Waals surface area contributed by atoms with Crippen molar-refractivity contribution in [1.82, 2.24) is 0 Å². The molecule has 0 radical (unpaired) electrons. The van der Waals surface area contributed by atoms with Crippen molar-refractivity contribution in [3.8, 4) is 5.75 Å². The van der Waals surface area contributed by atoms with E-state index < -0.39 is 0 Å². The molecule has 0 fully saturated rings. The Kier molecular flexibility index (Phi) is 4.13. The molecule has 0 aliphatic heterocycles. The summed E-state index contributed by atoms with van der Waals surface area (Å²) in [7, 11) is 1.65. The highest BCUT2D eigenvalue weighted by molar-refractivity contribution is 5.54. The number of hydrogen-bond acceptors (Lipinski definition) is 2. The zero-order valence-electron chi connectivity index (χ0n) is 10.4. The average Bonchev–Trinajstić information content (AvgIpc) is 2.46. The van der Waals surface area contributed by atoms with Crippen LogP contribution in [0, 0.1) is 0 Å². The summed E-state index contributed by atoms with van der Waals surface area (Å²) in [6, 6.07) is 18.0. The van der Waals surface area contributed by atoms with Gasteiger partial charge < -0.3 is 9.53 Å². The van der Waals surface area contributed by atoms with Crippen LogP contribution in [0.25, 0.3) is 0 Å². The number of hydrogen-bond donors (Lipinski definition) is 0. The highest BCUT2D eigenvalue weighted by atomic mass is 16.5. The van der Waals surface area contributed by atoms with E-state index in [0.717, 1.165) is 23.2 Å². The van der Waals surface area contributed by atoms with Crippen LogP contribution in [0.4, 0.5) is 0 Å². The Morgan fingerprint density at radius 1 is 1.00 bits per heavy atom. The molecule has 0 bridgehead atoms. The molecule has 1 atom stereocenters. The van der Waals surface area contributed by atoms with E-state index in [2.05, 4.69) is 12.1 Å². The first-order chi connectivity index (χ1) is 8.85. The summed E-state index contributed by atoms with van der Waals surface area (Å²) in [5.74, 6) is 0.950. The second kappa shape index (κ2) is 6.01. The van der Waals surface area contributed by atoms with Crippen molar-refractivity contribution in [1.29, 1.82) is 0 Å². The Morgan fingerprint density at radius 2 is 1.61 bits per heavy atom. The topological polar surface area (TPSA) is 26.3 Å². The predicted molar refractivity (Wildman–Crippen MR) is 72.0 cm³/mol. The number of ether oxygens (including phenoxy) is 1. The Labute approximate surface area is 107 Å². The van der Waals surface area contributed by atoms with Gasteiger partial charge >= 0.3 is 0 Å². The van der Waals surface area contributed by atoms with E-state index in [4.69, 9.17) is 4.74 Å². The van der Waals surface area contributed by atoms with Crippen LogP contribution < -0.4 is 4.74 Å². The summed E-state index contributed by atoms with van der Waals surface area (Å²) in [5, 5.41) is 0. The van der Waals surface area contributed by atoms with Gasteiger partial charge in [-0.1, -0.05) is 42.5 Å². The van der Waals surface area contributed by atoms with Gasteiger partial charge in [0.15, 0.2) is 0 Å². The molecule has 2 aromatic rings. The lowest BCUT2D eigenvalue weighted by atomic mass is 9.89. The van der Waals surface area contributed by atoms with Gasteiger partial charge in [0, 0.05) is 12.3 Å². The second-order valence-electron chi connectivity index (χ2n) is 4.14. The van der Waals surface area contributed by atoms with Gasteiger partial charge in [0.1, 0.15) is 12.0 Å². The summed E-state index contributed by atoms with van der Waals surface area (Å²) in [4.78, 5) is 10.9. The Hall–Kier alpha value is -2.09. The first-order valence-corrected chi connectivity index (χ1v) is 5.97. The predicted octanol–water partition coefficient (Wildman–Crippen LogP) is 3.42. The minimum atomic E-state index is 0.120. The fourth-order valence-corrected chi connectivity index (χ4v) is 2.08.